The molecule has 0 aliphatic rings. The summed E-state index contributed by atoms with van der Waals surface area (Å²) in [5.74, 6) is 1.50. The molecule has 1 N–H and O–H groups in total. The van der Waals surface area contributed by atoms with Crippen LogP contribution in [0.4, 0.5) is 5.82 Å². The van der Waals surface area contributed by atoms with Crippen LogP contribution in [0, 0.1) is 6.92 Å². The van der Waals surface area contributed by atoms with Gasteiger partial charge < -0.3 is 5.32 Å². The molecule has 0 fully saturated rings. The van der Waals surface area contributed by atoms with Gasteiger partial charge in [0.25, 0.3) is 0 Å². The Morgan fingerprint density at radius 3 is 2.12 bits per heavy atom. The number of nitrogens with one attached hydrogen (secondary N) is 1. The van der Waals surface area contributed by atoms with Gasteiger partial charge >= 0.3 is 0 Å². The highest BCUT2D eigenvalue weighted by atomic mass is 15.0. The van der Waals surface area contributed by atoms with E-state index >= 15 is 0 Å². The zero-order valence-corrected chi connectivity index (χ0v) is 19.1. The van der Waals surface area contributed by atoms with Crippen molar-refractivity contribution < 1.29 is 0 Å². The van der Waals surface area contributed by atoms with Crippen molar-refractivity contribution in [1.82, 2.24) is 15.0 Å². The fourth-order valence-electron chi connectivity index (χ4n) is 3.87. The zero-order chi connectivity index (χ0) is 23.2. The molecule has 5 aromatic rings. The SMILES string of the molecule is Cc1ccc(-c2cncc(-c3cc(NCCc4ccccc4)nc(-c4ccccc4)n3)c2)cc1. The largest absolute Gasteiger partial charge is 0.370 e. The maximum absolute atomic E-state index is 4.90. The lowest BCUT2D eigenvalue weighted by atomic mass is 10.0. The molecular formula is C30H26N4. The van der Waals surface area contributed by atoms with Crippen LogP contribution in [0.5, 0.6) is 0 Å². The first-order valence-electron chi connectivity index (χ1n) is 11.5. The molecule has 34 heavy (non-hydrogen) atoms. The van der Waals surface area contributed by atoms with Gasteiger partial charge in [-0.1, -0.05) is 90.5 Å². The highest BCUT2D eigenvalue weighted by Gasteiger charge is 2.10. The van der Waals surface area contributed by atoms with Crippen LogP contribution in [0.3, 0.4) is 0 Å². The van der Waals surface area contributed by atoms with E-state index in [0.717, 1.165) is 46.7 Å². The van der Waals surface area contributed by atoms with Crippen LogP contribution in [0.2, 0.25) is 0 Å². The second-order valence-electron chi connectivity index (χ2n) is 8.32. The van der Waals surface area contributed by atoms with Crippen LogP contribution in [0.1, 0.15) is 11.1 Å². The molecule has 5 rings (SSSR count). The van der Waals surface area contributed by atoms with Crippen molar-refractivity contribution in [3.05, 3.63) is 121 Å². The Labute approximate surface area is 200 Å². The summed E-state index contributed by atoms with van der Waals surface area (Å²) in [7, 11) is 0. The molecule has 0 bridgehead atoms. The van der Waals surface area contributed by atoms with E-state index in [0.29, 0.717) is 5.82 Å². The first-order chi connectivity index (χ1) is 16.7. The Morgan fingerprint density at radius 1 is 0.647 bits per heavy atom. The molecule has 0 aliphatic carbocycles. The second kappa shape index (κ2) is 10.1. The third-order valence-corrected chi connectivity index (χ3v) is 5.74. The monoisotopic (exact) mass is 442 g/mol. The lowest BCUT2D eigenvalue weighted by molar-refractivity contribution is 1.00. The van der Waals surface area contributed by atoms with Crippen molar-refractivity contribution in [2.75, 3.05) is 11.9 Å². The summed E-state index contributed by atoms with van der Waals surface area (Å²) in [5.41, 5.74) is 7.53. The Hall–Kier alpha value is -4.31. The van der Waals surface area contributed by atoms with Crippen molar-refractivity contribution in [3.8, 4) is 33.8 Å². The van der Waals surface area contributed by atoms with E-state index in [1.54, 1.807) is 0 Å². The number of rotatable bonds is 7. The quantitative estimate of drug-likeness (QED) is 0.300. The predicted octanol–water partition coefficient (Wildman–Crippen LogP) is 6.84. The van der Waals surface area contributed by atoms with E-state index in [9.17, 15) is 0 Å². The molecule has 166 valence electrons. The topological polar surface area (TPSA) is 50.7 Å². The average molecular weight is 443 g/mol. The molecule has 0 amide bonds. The normalized spacial score (nSPS) is 10.7. The molecule has 4 nitrogen and oxygen atoms in total. The van der Waals surface area contributed by atoms with Gasteiger partial charge in [-0.05, 0) is 30.5 Å². The van der Waals surface area contributed by atoms with E-state index in [1.807, 2.05) is 54.9 Å². The highest BCUT2D eigenvalue weighted by Crippen LogP contribution is 2.28. The van der Waals surface area contributed by atoms with Gasteiger partial charge in [0.1, 0.15) is 5.82 Å². The summed E-state index contributed by atoms with van der Waals surface area (Å²) in [6.45, 7) is 2.88. The van der Waals surface area contributed by atoms with Crippen molar-refractivity contribution in [3.63, 3.8) is 0 Å². The van der Waals surface area contributed by atoms with Crippen molar-refractivity contribution >= 4 is 5.82 Å². The molecule has 0 saturated heterocycles. The minimum absolute atomic E-state index is 0.695. The zero-order valence-electron chi connectivity index (χ0n) is 19.1. The summed E-state index contributed by atoms with van der Waals surface area (Å²) in [5, 5.41) is 3.49. The van der Waals surface area contributed by atoms with Crippen molar-refractivity contribution in [1.29, 1.82) is 0 Å². The minimum Gasteiger partial charge on any atom is -0.370 e. The second-order valence-corrected chi connectivity index (χ2v) is 8.32. The smallest absolute Gasteiger partial charge is 0.162 e. The number of aryl methyl sites for hydroxylation is 1. The van der Waals surface area contributed by atoms with Gasteiger partial charge in [0, 0.05) is 41.7 Å². The molecule has 2 heterocycles. The Morgan fingerprint density at radius 2 is 1.35 bits per heavy atom. The Kier molecular flexibility index (Phi) is 6.39. The summed E-state index contributed by atoms with van der Waals surface area (Å²) in [6.07, 6.45) is 4.68. The van der Waals surface area contributed by atoms with Crippen LogP contribution in [0.25, 0.3) is 33.8 Å². The first kappa shape index (κ1) is 21.5. The summed E-state index contributed by atoms with van der Waals surface area (Å²) < 4.78 is 0. The van der Waals surface area contributed by atoms with Gasteiger partial charge in [0.15, 0.2) is 5.82 Å². The number of pyridine rings is 1. The number of nitrogens with zero attached hydrogens (tertiary/aromatic N) is 3. The van der Waals surface area contributed by atoms with E-state index < -0.39 is 0 Å². The van der Waals surface area contributed by atoms with Crippen LogP contribution < -0.4 is 5.32 Å². The van der Waals surface area contributed by atoms with Gasteiger partial charge in [-0.15, -0.1) is 0 Å². The number of aromatic nitrogens is 3. The van der Waals surface area contributed by atoms with Crippen molar-refractivity contribution in [2.24, 2.45) is 0 Å². The Bertz CT molecular complexity index is 1360. The van der Waals surface area contributed by atoms with Gasteiger partial charge in [-0.25, -0.2) is 9.97 Å². The third-order valence-electron chi connectivity index (χ3n) is 5.74. The predicted molar refractivity (Wildman–Crippen MR) is 140 cm³/mol. The number of hydrogen-bond acceptors (Lipinski definition) is 4. The van der Waals surface area contributed by atoms with Crippen LogP contribution in [0.15, 0.2) is 109 Å². The summed E-state index contributed by atoms with van der Waals surface area (Å²) >= 11 is 0. The van der Waals surface area contributed by atoms with E-state index in [-0.39, 0.29) is 0 Å². The maximum atomic E-state index is 4.90. The molecule has 4 heteroatoms. The van der Waals surface area contributed by atoms with Gasteiger partial charge in [-0.2, -0.15) is 0 Å². The fourth-order valence-corrected chi connectivity index (χ4v) is 3.87. The third kappa shape index (κ3) is 5.18. The van der Waals surface area contributed by atoms with E-state index in [2.05, 4.69) is 71.8 Å². The molecule has 0 atom stereocenters. The molecule has 3 aromatic carbocycles. The summed E-state index contributed by atoms with van der Waals surface area (Å²) in [6, 6.07) is 33.2. The Balaban J connectivity index is 1.48. The van der Waals surface area contributed by atoms with Gasteiger partial charge in [0.05, 0.1) is 5.69 Å². The molecule has 0 saturated carbocycles. The van der Waals surface area contributed by atoms with Crippen LogP contribution in [-0.2, 0) is 6.42 Å². The molecule has 0 aliphatic heterocycles. The standard InChI is InChI=1S/C30H26N4/c1-22-12-14-24(15-13-22)26-18-27(21-31-20-26)28-19-29(32-17-16-23-8-4-2-5-9-23)34-30(33-28)25-10-6-3-7-11-25/h2-15,18-21H,16-17H2,1H3,(H,32,33,34). The first-order valence-corrected chi connectivity index (χ1v) is 11.5. The lowest BCUT2D eigenvalue weighted by Gasteiger charge is -2.11. The molecular weight excluding hydrogens is 416 g/mol. The average Bonchev–Trinajstić information content (AvgIpc) is 2.90. The van der Waals surface area contributed by atoms with Crippen LogP contribution >= 0.6 is 0 Å². The number of benzene rings is 3. The molecule has 0 radical (unpaired) electrons. The highest BCUT2D eigenvalue weighted by molar-refractivity contribution is 5.72. The van der Waals surface area contributed by atoms with Gasteiger partial charge in [0.2, 0.25) is 0 Å². The van der Waals surface area contributed by atoms with E-state index in [1.165, 1.54) is 11.1 Å². The summed E-state index contributed by atoms with van der Waals surface area (Å²) in [4.78, 5) is 14.2. The van der Waals surface area contributed by atoms with Crippen molar-refractivity contribution in [2.45, 2.75) is 13.3 Å². The number of hydrogen-bond donors (Lipinski definition) is 1. The minimum atomic E-state index is 0.695. The molecule has 0 unspecified atom stereocenters. The molecule has 0 spiro atoms. The van der Waals surface area contributed by atoms with Gasteiger partial charge in [-0.3, -0.25) is 4.98 Å². The number of anilines is 1. The molecule has 2 aromatic heterocycles. The lowest BCUT2D eigenvalue weighted by Crippen LogP contribution is -2.08. The van der Waals surface area contributed by atoms with Crippen LogP contribution in [-0.4, -0.2) is 21.5 Å². The fraction of sp³-hybridized carbons (Fsp3) is 0.100. The van der Waals surface area contributed by atoms with E-state index in [4.69, 9.17) is 9.97 Å². The maximum Gasteiger partial charge on any atom is 0.162 e.